The lowest BCUT2D eigenvalue weighted by Gasteiger charge is -2.33. The Hall–Kier alpha value is -2.96. The van der Waals surface area contributed by atoms with Crippen LogP contribution in [0.3, 0.4) is 0 Å². The summed E-state index contributed by atoms with van der Waals surface area (Å²) in [4.78, 5) is 16.3. The summed E-state index contributed by atoms with van der Waals surface area (Å²) < 4.78 is 1.01. The number of hydrogen-bond acceptors (Lipinski definition) is 3. The molecular formula is C25H26BrN4O+. The van der Waals surface area contributed by atoms with E-state index in [4.69, 9.17) is 0 Å². The highest BCUT2D eigenvalue weighted by atomic mass is 79.9. The van der Waals surface area contributed by atoms with Gasteiger partial charge in [-0.25, -0.2) is 5.43 Å². The number of amides is 1. The summed E-state index contributed by atoms with van der Waals surface area (Å²) in [6.07, 6.45) is 1.64. The highest BCUT2D eigenvalue weighted by molar-refractivity contribution is 9.10. The van der Waals surface area contributed by atoms with Gasteiger partial charge in [-0.3, -0.25) is 4.79 Å². The number of nitrogens with one attached hydrogen (secondary N) is 2. The first-order valence-electron chi connectivity index (χ1n) is 10.5. The zero-order valence-electron chi connectivity index (χ0n) is 17.3. The maximum absolute atomic E-state index is 12.3. The van der Waals surface area contributed by atoms with Gasteiger partial charge >= 0.3 is 0 Å². The quantitative estimate of drug-likeness (QED) is 0.423. The number of benzene rings is 3. The standard InChI is InChI=1S/C25H25BrN4O/c26-23-12-8-20(9-13-23)18-27-28-25(31)22-10-6-21(7-11-22)19-29-14-16-30(17-15-29)24-4-2-1-3-5-24/h1-13,18H,14-17,19H2,(H,28,31)/p+1/b27-18-. The summed E-state index contributed by atoms with van der Waals surface area (Å²) >= 11 is 3.40. The summed E-state index contributed by atoms with van der Waals surface area (Å²) in [5, 5.41) is 4.05. The van der Waals surface area contributed by atoms with Crippen LogP contribution in [0.2, 0.25) is 0 Å². The van der Waals surface area contributed by atoms with E-state index >= 15 is 0 Å². The summed E-state index contributed by atoms with van der Waals surface area (Å²) in [5.74, 6) is -0.205. The van der Waals surface area contributed by atoms with E-state index in [1.807, 2.05) is 48.5 Å². The SMILES string of the molecule is O=C(N/N=C\c1ccc(Br)cc1)c1ccc(C[NH+]2CCN(c3ccccc3)CC2)cc1. The van der Waals surface area contributed by atoms with E-state index in [9.17, 15) is 4.79 Å². The van der Waals surface area contributed by atoms with Gasteiger partial charge in [-0.15, -0.1) is 0 Å². The van der Waals surface area contributed by atoms with E-state index in [2.05, 4.69) is 61.7 Å². The molecule has 31 heavy (non-hydrogen) atoms. The van der Waals surface area contributed by atoms with Crippen LogP contribution in [0.15, 0.2) is 88.4 Å². The van der Waals surface area contributed by atoms with Crippen molar-refractivity contribution in [1.82, 2.24) is 5.43 Å². The molecule has 1 saturated heterocycles. The molecule has 5 nitrogen and oxygen atoms in total. The number of halogens is 1. The second-order valence-corrected chi connectivity index (χ2v) is 8.61. The first-order chi connectivity index (χ1) is 15.2. The van der Waals surface area contributed by atoms with Crippen molar-refractivity contribution in [1.29, 1.82) is 0 Å². The van der Waals surface area contributed by atoms with Gasteiger partial charge in [0.25, 0.3) is 5.91 Å². The van der Waals surface area contributed by atoms with Gasteiger partial charge in [-0.1, -0.05) is 58.4 Å². The number of hydrazone groups is 1. The van der Waals surface area contributed by atoms with Crippen molar-refractivity contribution in [3.63, 3.8) is 0 Å². The lowest BCUT2D eigenvalue weighted by molar-refractivity contribution is -0.914. The molecule has 1 amide bonds. The maximum atomic E-state index is 12.3. The zero-order valence-corrected chi connectivity index (χ0v) is 18.9. The van der Waals surface area contributed by atoms with Gasteiger partial charge in [0.15, 0.2) is 0 Å². The largest absolute Gasteiger partial charge is 0.360 e. The normalized spacial score (nSPS) is 14.7. The summed E-state index contributed by atoms with van der Waals surface area (Å²) in [6.45, 7) is 5.34. The molecule has 1 aliphatic rings. The van der Waals surface area contributed by atoms with Crippen molar-refractivity contribution in [3.8, 4) is 0 Å². The molecule has 0 bridgehead atoms. The minimum atomic E-state index is -0.205. The van der Waals surface area contributed by atoms with Gasteiger partial charge in [0, 0.05) is 21.3 Å². The first kappa shape index (κ1) is 21.3. The van der Waals surface area contributed by atoms with E-state index in [1.54, 1.807) is 11.1 Å². The van der Waals surface area contributed by atoms with Crippen LogP contribution in [0.1, 0.15) is 21.5 Å². The van der Waals surface area contributed by atoms with Crippen molar-refractivity contribution in [2.45, 2.75) is 6.54 Å². The molecule has 0 atom stereocenters. The van der Waals surface area contributed by atoms with Gasteiger partial charge < -0.3 is 9.80 Å². The number of piperazine rings is 1. The van der Waals surface area contributed by atoms with Crippen LogP contribution < -0.4 is 15.2 Å². The molecule has 2 N–H and O–H groups in total. The molecule has 0 saturated carbocycles. The van der Waals surface area contributed by atoms with E-state index < -0.39 is 0 Å². The Morgan fingerprint density at radius 2 is 1.65 bits per heavy atom. The molecule has 1 heterocycles. The van der Waals surface area contributed by atoms with Crippen LogP contribution in [0.5, 0.6) is 0 Å². The number of carbonyl (C=O) groups excluding carboxylic acids is 1. The molecule has 1 aliphatic heterocycles. The molecular weight excluding hydrogens is 452 g/mol. The van der Waals surface area contributed by atoms with Crippen LogP contribution in [0.4, 0.5) is 5.69 Å². The Kier molecular flexibility index (Phi) is 7.12. The van der Waals surface area contributed by atoms with Crippen LogP contribution in [0, 0.1) is 0 Å². The van der Waals surface area contributed by atoms with Gasteiger partial charge in [0.05, 0.1) is 32.4 Å². The van der Waals surface area contributed by atoms with Crippen LogP contribution >= 0.6 is 15.9 Å². The smallest absolute Gasteiger partial charge is 0.271 e. The number of hydrogen-bond donors (Lipinski definition) is 2. The van der Waals surface area contributed by atoms with Crippen molar-refractivity contribution < 1.29 is 9.69 Å². The summed E-state index contributed by atoms with van der Waals surface area (Å²) in [5.41, 5.74) is 6.68. The molecule has 0 unspecified atom stereocenters. The van der Waals surface area contributed by atoms with Gasteiger partial charge in [-0.05, 0) is 42.0 Å². The lowest BCUT2D eigenvalue weighted by atomic mass is 10.1. The minimum absolute atomic E-state index is 0.205. The Bertz CT molecular complexity index is 1010. The Labute approximate surface area is 191 Å². The van der Waals surface area contributed by atoms with Crippen molar-refractivity contribution in [2.24, 2.45) is 5.10 Å². The third-order valence-electron chi connectivity index (χ3n) is 5.51. The van der Waals surface area contributed by atoms with Crippen molar-refractivity contribution >= 4 is 33.7 Å². The van der Waals surface area contributed by atoms with Gasteiger partial charge in [0.2, 0.25) is 0 Å². The molecule has 3 aromatic rings. The van der Waals surface area contributed by atoms with Crippen molar-refractivity contribution in [3.05, 3.63) is 100 Å². The summed E-state index contributed by atoms with van der Waals surface area (Å²) in [7, 11) is 0. The van der Waals surface area contributed by atoms with E-state index in [1.165, 1.54) is 11.3 Å². The summed E-state index contributed by atoms with van der Waals surface area (Å²) in [6, 6.07) is 26.2. The fourth-order valence-electron chi connectivity index (χ4n) is 3.74. The molecule has 158 valence electrons. The molecule has 0 aliphatic carbocycles. The number of nitrogens with zero attached hydrogens (tertiary/aromatic N) is 2. The number of rotatable bonds is 6. The minimum Gasteiger partial charge on any atom is -0.360 e. The molecule has 4 rings (SSSR count). The lowest BCUT2D eigenvalue weighted by Crippen LogP contribution is -3.13. The van der Waals surface area contributed by atoms with E-state index in [-0.39, 0.29) is 5.91 Å². The zero-order chi connectivity index (χ0) is 21.5. The number of quaternary nitrogens is 1. The van der Waals surface area contributed by atoms with Crippen LogP contribution in [-0.2, 0) is 6.54 Å². The van der Waals surface area contributed by atoms with Crippen molar-refractivity contribution in [2.75, 3.05) is 31.1 Å². The van der Waals surface area contributed by atoms with E-state index in [0.717, 1.165) is 42.8 Å². The highest BCUT2D eigenvalue weighted by Gasteiger charge is 2.20. The predicted octanol–water partition coefficient (Wildman–Crippen LogP) is 3.12. The molecule has 0 radical (unpaired) electrons. The Balaban J connectivity index is 1.25. The third-order valence-corrected chi connectivity index (χ3v) is 6.04. The van der Waals surface area contributed by atoms with Crippen LogP contribution in [0.25, 0.3) is 0 Å². The van der Waals surface area contributed by atoms with E-state index in [0.29, 0.717) is 5.56 Å². The third kappa shape index (κ3) is 6.03. The molecule has 3 aromatic carbocycles. The predicted molar refractivity (Wildman–Crippen MR) is 129 cm³/mol. The number of para-hydroxylation sites is 1. The average Bonchev–Trinajstić information content (AvgIpc) is 2.82. The second-order valence-electron chi connectivity index (χ2n) is 7.70. The number of anilines is 1. The Morgan fingerprint density at radius 3 is 2.32 bits per heavy atom. The second kappa shape index (κ2) is 10.4. The molecule has 6 heteroatoms. The molecule has 0 spiro atoms. The topological polar surface area (TPSA) is 49.1 Å². The number of carbonyl (C=O) groups is 1. The van der Waals surface area contributed by atoms with Crippen LogP contribution in [-0.4, -0.2) is 38.3 Å². The maximum Gasteiger partial charge on any atom is 0.271 e. The molecule has 1 fully saturated rings. The highest BCUT2D eigenvalue weighted by Crippen LogP contribution is 2.13. The monoisotopic (exact) mass is 477 g/mol. The van der Waals surface area contributed by atoms with Gasteiger partial charge in [-0.2, -0.15) is 5.10 Å². The molecule has 0 aromatic heterocycles. The van der Waals surface area contributed by atoms with Gasteiger partial charge in [0.1, 0.15) is 6.54 Å². The fourth-order valence-corrected chi connectivity index (χ4v) is 4.00. The average molecular weight is 478 g/mol. The fraction of sp³-hybridized carbons (Fsp3) is 0.200. The first-order valence-corrected chi connectivity index (χ1v) is 11.3. The Morgan fingerprint density at radius 1 is 0.968 bits per heavy atom.